The van der Waals surface area contributed by atoms with E-state index in [0.29, 0.717) is 31.6 Å². The second-order valence-corrected chi connectivity index (χ2v) is 9.30. The fraction of sp³-hybridized carbons (Fsp3) is 0.263. The normalized spacial score (nSPS) is 19.2. The van der Waals surface area contributed by atoms with Crippen molar-refractivity contribution in [2.24, 2.45) is 0 Å². The molecule has 164 valence electrons. The number of hydrogen-bond donors (Lipinski definition) is 2. The second kappa shape index (κ2) is 8.81. The van der Waals surface area contributed by atoms with Crippen LogP contribution in [0.15, 0.2) is 47.6 Å². The maximum absolute atomic E-state index is 14.7. The number of piperidine rings is 1. The Kier molecular flexibility index (Phi) is 6.12. The summed E-state index contributed by atoms with van der Waals surface area (Å²) in [4.78, 5) is 2.79. The highest BCUT2D eigenvalue weighted by Crippen LogP contribution is 2.32. The molecule has 1 aromatic heterocycles. The van der Waals surface area contributed by atoms with Gasteiger partial charge in [-0.1, -0.05) is 12.1 Å². The topological polar surface area (TPSA) is 93.2 Å². The van der Waals surface area contributed by atoms with E-state index >= 15 is 0 Å². The van der Waals surface area contributed by atoms with Crippen LogP contribution in [0.5, 0.6) is 5.75 Å². The minimum Gasteiger partial charge on any atom is -0.485 e. The maximum atomic E-state index is 14.7. The lowest BCUT2D eigenvalue weighted by atomic mass is 9.87. The average Bonchev–Trinajstić information content (AvgIpc) is 3.24. The Balaban J connectivity index is 1.58. The summed E-state index contributed by atoms with van der Waals surface area (Å²) < 4.78 is 78.7. The molecule has 0 bridgehead atoms. The van der Waals surface area contributed by atoms with E-state index in [2.05, 4.69) is 14.7 Å². The molecule has 4 rings (SSSR count). The average molecular weight is 470 g/mol. The molecule has 0 amide bonds. The van der Waals surface area contributed by atoms with Gasteiger partial charge in [-0.15, -0.1) is 0 Å². The molecular weight excluding hydrogens is 453 g/mol. The van der Waals surface area contributed by atoms with Gasteiger partial charge in [-0.2, -0.15) is 4.37 Å². The van der Waals surface area contributed by atoms with Crippen LogP contribution in [0.3, 0.4) is 0 Å². The number of sulfonamides is 1. The Hall–Kier alpha value is -2.70. The summed E-state index contributed by atoms with van der Waals surface area (Å²) in [5, 5.41) is 3.05. The summed E-state index contributed by atoms with van der Waals surface area (Å²) in [5.74, 6) is -3.15. The van der Waals surface area contributed by atoms with Crippen molar-refractivity contribution < 1.29 is 26.3 Å². The van der Waals surface area contributed by atoms with Gasteiger partial charge in [0.2, 0.25) is 5.13 Å². The molecule has 0 spiro atoms. The summed E-state index contributed by atoms with van der Waals surface area (Å²) in [6, 6.07) is 7.21. The van der Waals surface area contributed by atoms with Crippen molar-refractivity contribution in [3.05, 3.63) is 65.7 Å². The van der Waals surface area contributed by atoms with Crippen LogP contribution >= 0.6 is 11.5 Å². The van der Waals surface area contributed by atoms with Crippen LogP contribution in [0, 0.1) is 17.5 Å². The third-order valence-corrected chi connectivity index (χ3v) is 6.93. The molecule has 1 aliphatic rings. The molecule has 1 saturated heterocycles. The van der Waals surface area contributed by atoms with Gasteiger partial charge in [-0.25, -0.2) is 26.6 Å². The first-order valence-electron chi connectivity index (χ1n) is 9.25. The van der Waals surface area contributed by atoms with E-state index in [0.717, 1.165) is 23.4 Å². The fourth-order valence-electron chi connectivity index (χ4n) is 3.40. The Bertz CT molecular complexity index is 1160. The molecule has 2 heterocycles. The molecular formula is C19H17F3N4O3S2. The zero-order valence-corrected chi connectivity index (χ0v) is 17.5. The summed E-state index contributed by atoms with van der Waals surface area (Å²) in [6.07, 6.45) is 1.22. The monoisotopic (exact) mass is 470 g/mol. The van der Waals surface area contributed by atoms with Gasteiger partial charge in [-0.3, -0.25) is 4.72 Å². The smallest absolute Gasteiger partial charge is 0.266 e. The molecule has 1 fully saturated rings. The first kappa shape index (κ1) is 21.5. The van der Waals surface area contributed by atoms with Gasteiger partial charge in [0.25, 0.3) is 10.0 Å². The van der Waals surface area contributed by atoms with Crippen molar-refractivity contribution in [1.29, 1.82) is 0 Å². The van der Waals surface area contributed by atoms with Crippen molar-refractivity contribution >= 4 is 26.7 Å². The summed E-state index contributed by atoms with van der Waals surface area (Å²) >= 11 is 0.757. The van der Waals surface area contributed by atoms with Crippen LogP contribution in [0.1, 0.15) is 17.9 Å². The maximum Gasteiger partial charge on any atom is 0.266 e. The predicted molar refractivity (Wildman–Crippen MR) is 108 cm³/mol. The van der Waals surface area contributed by atoms with E-state index in [1.165, 1.54) is 12.1 Å². The Morgan fingerprint density at radius 3 is 2.61 bits per heavy atom. The molecule has 1 aliphatic heterocycles. The number of benzene rings is 2. The number of halogens is 3. The van der Waals surface area contributed by atoms with Gasteiger partial charge >= 0.3 is 0 Å². The van der Waals surface area contributed by atoms with Crippen molar-refractivity contribution in [3.8, 4) is 5.75 Å². The Morgan fingerprint density at radius 2 is 1.90 bits per heavy atom. The van der Waals surface area contributed by atoms with Gasteiger partial charge in [0.15, 0.2) is 11.6 Å². The van der Waals surface area contributed by atoms with E-state index in [9.17, 15) is 21.6 Å². The lowest BCUT2D eigenvalue weighted by Crippen LogP contribution is -2.43. The summed E-state index contributed by atoms with van der Waals surface area (Å²) in [5.41, 5.74) is 0.814. The molecule has 2 aromatic carbocycles. The molecule has 2 atom stereocenters. The van der Waals surface area contributed by atoms with Gasteiger partial charge in [0.05, 0.1) is 0 Å². The number of aromatic nitrogens is 2. The lowest BCUT2D eigenvalue weighted by Gasteiger charge is -2.33. The van der Waals surface area contributed by atoms with Crippen LogP contribution < -0.4 is 14.8 Å². The van der Waals surface area contributed by atoms with Crippen LogP contribution in [0.2, 0.25) is 0 Å². The van der Waals surface area contributed by atoms with Crippen LogP contribution in [0.4, 0.5) is 18.3 Å². The fourth-order valence-corrected chi connectivity index (χ4v) is 5.14. The molecule has 2 N–H and O–H groups in total. The van der Waals surface area contributed by atoms with Gasteiger partial charge in [-0.05, 0) is 30.7 Å². The molecule has 31 heavy (non-hydrogen) atoms. The number of nitrogens with zero attached hydrogens (tertiary/aromatic N) is 2. The third-order valence-electron chi connectivity index (χ3n) is 4.86. The van der Waals surface area contributed by atoms with E-state index < -0.39 is 38.4 Å². The van der Waals surface area contributed by atoms with Crippen LogP contribution in [0.25, 0.3) is 0 Å². The largest absolute Gasteiger partial charge is 0.485 e. The van der Waals surface area contributed by atoms with E-state index in [4.69, 9.17) is 4.74 Å². The summed E-state index contributed by atoms with van der Waals surface area (Å²) in [7, 11) is -4.40. The number of hydrogen-bond acceptors (Lipinski definition) is 7. The first-order chi connectivity index (χ1) is 14.8. The third kappa shape index (κ3) is 4.81. The van der Waals surface area contributed by atoms with E-state index in [1.54, 1.807) is 12.1 Å². The van der Waals surface area contributed by atoms with E-state index in [1.807, 2.05) is 4.72 Å². The van der Waals surface area contributed by atoms with Crippen molar-refractivity contribution in [2.75, 3.05) is 17.8 Å². The molecule has 7 nitrogen and oxygen atoms in total. The molecule has 0 aliphatic carbocycles. The highest BCUT2D eigenvalue weighted by atomic mass is 32.2. The second-order valence-electron chi connectivity index (χ2n) is 6.87. The van der Waals surface area contributed by atoms with Crippen molar-refractivity contribution in [1.82, 2.24) is 14.7 Å². The zero-order chi connectivity index (χ0) is 22.0. The number of anilines is 1. The standard InChI is InChI=1S/C19H17F3N4O3S2/c20-12-3-1-11(2-4-12)13-5-6-23-9-17(13)29-16-7-15(22)18(8-14(16)21)31(27,28)26-19-24-10-25-30-19/h1-4,7-8,10,13,17,23H,5-6,9H2,(H,24,25,26). The molecule has 0 radical (unpaired) electrons. The van der Waals surface area contributed by atoms with Gasteiger partial charge < -0.3 is 10.1 Å². The minimum absolute atomic E-state index is 0.0736. The number of rotatable bonds is 6. The summed E-state index contributed by atoms with van der Waals surface area (Å²) in [6.45, 7) is 1.05. The first-order valence-corrected chi connectivity index (χ1v) is 11.5. The highest BCUT2D eigenvalue weighted by molar-refractivity contribution is 7.93. The predicted octanol–water partition coefficient (Wildman–Crippen LogP) is 3.28. The van der Waals surface area contributed by atoms with Crippen molar-refractivity contribution in [3.63, 3.8) is 0 Å². The lowest BCUT2D eigenvalue weighted by molar-refractivity contribution is 0.136. The van der Waals surface area contributed by atoms with E-state index in [-0.39, 0.29) is 16.9 Å². The number of nitrogens with one attached hydrogen (secondary N) is 2. The van der Waals surface area contributed by atoms with Crippen molar-refractivity contribution in [2.45, 2.75) is 23.3 Å². The molecule has 3 aromatic rings. The van der Waals surface area contributed by atoms with Crippen LogP contribution in [-0.2, 0) is 10.0 Å². The Labute approximate surface area is 180 Å². The molecule has 12 heteroatoms. The number of ether oxygens (including phenoxy) is 1. The minimum atomic E-state index is -4.40. The molecule has 0 saturated carbocycles. The van der Waals surface area contributed by atoms with Gasteiger partial charge in [0.1, 0.15) is 29.0 Å². The molecule has 2 unspecified atom stereocenters. The van der Waals surface area contributed by atoms with Gasteiger partial charge in [0, 0.05) is 36.1 Å². The SMILES string of the molecule is O=S(=O)(Nc1ncns1)c1cc(F)c(OC2CNCCC2c2ccc(F)cc2)cc1F. The zero-order valence-electron chi connectivity index (χ0n) is 15.9. The highest BCUT2D eigenvalue weighted by Gasteiger charge is 2.30. The quantitative estimate of drug-likeness (QED) is 0.575. The Morgan fingerprint density at radius 1 is 1.13 bits per heavy atom. The van der Waals surface area contributed by atoms with Crippen LogP contribution in [-0.4, -0.2) is 37.0 Å².